The van der Waals surface area contributed by atoms with Crippen molar-refractivity contribution in [1.29, 1.82) is 0 Å². The first kappa shape index (κ1) is 11.1. The number of aliphatic hydroxyl groups is 2. The van der Waals surface area contributed by atoms with Gasteiger partial charge in [0.1, 0.15) is 0 Å². The number of nitrogens with one attached hydrogen (secondary N) is 1. The highest BCUT2D eigenvalue weighted by Crippen LogP contribution is 2.10. The third-order valence-corrected chi connectivity index (χ3v) is 2.13. The molecule has 0 fully saturated rings. The van der Waals surface area contributed by atoms with Crippen molar-refractivity contribution in [3.63, 3.8) is 0 Å². The van der Waals surface area contributed by atoms with Crippen molar-refractivity contribution in [2.45, 2.75) is 19.0 Å². The molecule has 14 heavy (non-hydrogen) atoms. The van der Waals surface area contributed by atoms with Crippen LogP contribution in [-0.4, -0.2) is 34.5 Å². The normalized spacial score (nSPS) is 13.1. The summed E-state index contributed by atoms with van der Waals surface area (Å²) in [5, 5.41) is 20.9. The molecule has 0 aliphatic heterocycles. The first-order chi connectivity index (χ1) is 6.77. The summed E-state index contributed by atoms with van der Waals surface area (Å²) >= 11 is 0. The Bertz CT molecular complexity index is 250. The van der Waals surface area contributed by atoms with E-state index in [0.29, 0.717) is 0 Å². The fourth-order valence-electron chi connectivity index (χ4n) is 1.27. The van der Waals surface area contributed by atoms with Crippen LogP contribution in [0.4, 0.5) is 0 Å². The molecule has 1 aromatic rings. The zero-order valence-electron chi connectivity index (χ0n) is 8.22. The lowest BCUT2D eigenvalue weighted by Crippen LogP contribution is -2.37. The van der Waals surface area contributed by atoms with Crippen molar-refractivity contribution in [2.24, 2.45) is 0 Å². The van der Waals surface area contributed by atoms with Crippen LogP contribution in [0.2, 0.25) is 0 Å². The highest BCUT2D eigenvalue weighted by Gasteiger charge is 2.10. The summed E-state index contributed by atoms with van der Waals surface area (Å²) in [6.07, 6.45) is 3.45. The summed E-state index contributed by atoms with van der Waals surface area (Å²) in [5.41, 5.74) is 1.09. The van der Waals surface area contributed by atoms with E-state index in [9.17, 15) is 0 Å². The number of pyridine rings is 1. The van der Waals surface area contributed by atoms with Gasteiger partial charge in [-0.3, -0.25) is 4.98 Å². The maximum absolute atomic E-state index is 8.89. The number of aromatic nitrogens is 1. The van der Waals surface area contributed by atoms with E-state index in [2.05, 4.69) is 10.3 Å². The average molecular weight is 196 g/mol. The van der Waals surface area contributed by atoms with Gasteiger partial charge in [-0.25, -0.2) is 0 Å². The van der Waals surface area contributed by atoms with E-state index in [0.717, 1.165) is 5.56 Å². The second kappa shape index (κ2) is 5.70. The van der Waals surface area contributed by atoms with Crippen LogP contribution in [-0.2, 0) is 0 Å². The quantitative estimate of drug-likeness (QED) is 0.624. The van der Waals surface area contributed by atoms with Crippen LogP contribution in [0.3, 0.4) is 0 Å². The molecule has 0 saturated heterocycles. The van der Waals surface area contributed by atoms with E-state index in [-0.39, 0.29) is 25.3 Å². The Balaban J connectivity index is 2.54. The number of rotatable bonds is 5. The fourth-order valence-corrected chi connectivity index (χ4v) is 1.27. The van der Waals surface area contributed by atoms with E-state index >= 15 is 0 Å². The topological polar surface area (TPSA) is 65.4 Å². The Morgan fingerprint density at radius 3 is 2.36 bits per heavy atom. The van der Waals surface area contributed by atoms with Crippen molar-refractivity contribution in [3.8, 4) is 0 Å². The zero-order chi connectivity index (χ0) is 10.4. The molecule has 0 unspecified atom stereocenters. The predicted octanol–water partition coefficient (Wildman–Crippen LogP) is 0.0854. The van der Waals surface area contributed by atoms with Crippen molar-refractivity contribution < 1.29 is 10.2 Å². The van der Waals surface area contributed by atoms with Crippen LogP contribution in [0.25, 0.3) is 0 Å². The minimum absolute atomic E-state index is 0.0636. The lowest BCUT2D eigenvalue weighted by atomic mass is 10.1. The highest BCUT2D eigenvalue weighted by atomic mass is 16.3. The van der Waals surface area contributed by atoms with Gasteiger partial charge in [-0.2, -0.15) is 0 Å². The fraction of sp³-hybridized carbons (Fsp3) is 0.500. The molecule has 0 aromatic carbocycles. The molecule has 0 saturated carbocycles. The van der Waals surface area contributed by atoms with Gasteiger partial charge in [0.05, 0.1) is 19.3 Å². The van der Waals surface area contributed by atoms with Crippen LogP contribution >= 0.6 is 0 Å². The lowest BCUT2D eigenvalue weighted by Gasteiger charge is -2.19. The van der Waals surface area contributed by atoms with E-state index in [1.54, 1.807) is 12.4 Å². The maximum Gasteiger partial charge on any atom is 0.0607 e. The number of hydrogen-bond donors (Lipinski definition) is 3. The smallest absolute Gasteiger partial charge is 0.0607 e. The summed E-state index contributed by atoms with van der Waals surface area (Å²) in [7, 11) is 0. The van der Waals surface area contributed by atoms with E-state index < -0.39 is 0 Å². The average Bonchev–Trinajstić information content (AvgIpc) is 2.26. The molecular formula is C10H16N2O2. The molecule has 78 valence electrons. The summed E-state index contributed by atoms with van der Waals surface area (Å²) in [6, 6.07) is 3.65. The van der Waals surface area contributed by atoms with Crippen LogP contribution in [0.15, 0.2) is 24.5 Å². The minimum atomic E-state index is -0.266. The van der Waals surface area contributed by atoms with Crippen molar-refractivity contribution >= 4 is 0 Å². The Morgan fingerprint density at radius 1 is 1.29 bits per heavy atom. The van der Waals surface area contributed by atoms with Gasteiger partial charge in [-0.1, -0.05) is 0 Å². The van der Waals surface area contributed by atoms with Crippen LogP contribution in [0.1, 0.15) is 18.5 Å². The van der Waals surface area contributed by atoms with Crippen LogP contribution in [0.5, 0.6) is 0 Å². The van der Waals surface area contributed by atoms with Gasteiger partial charge in [-0.05, 0) is 24.6 Å². The van der Waals surface area contributed by atoms with Crippen molar-refractivity contribution in [3.05, 3.63) is 30.1 Å². The Kier molecular flexibility index (Phi) is 4.52. The van der Waals surface area contributed by atoms with E-state index in [4.69, 9.17) is 10.2 Å². The van der Waals surface area contributed by atoms with Gasteiger partial charge < -0.3 is 15.5 Å². The number of hydrogen-bond acceptors (Lipinski definition) is 4. The predicted molar refractivity (Wildman–Crippen MR) is 53.7 cm³/mol. The largest absolute Gasteiger partial charge is 0.395 e. The Labute approximate surface area is 83.6 Å². The maximum atomic E-state index is 8.89. The first-order valence-electron chi connectivity index (χ1n) is 4.65. The van der Waals surface area contributed by atoms with Crippen LogP contribution < -0.4 is 5.32 Å². The molecule has 0 amide bonds. The molecule has 0 spiro atoms. The van der Waals surface area contributed by atoms with Gasteiger partial charge in [0.25, 0.3) is 0 Å². The molecule has 1 atom stereocenters. The van der Waals surface area contributed by atoms with Gasteiger partial charge in [0.15, 0.2) is 0 Å². The van der Waals surface area contributed by atoms with Gasteiger partial charge in [-0.15, -0.1) is 0 Å². The van der Waals surface area contributed by atoms with Gasteiger partial charge >= 0.3 is 0 Å². The first-order valence-corrected chi connectivity index (χ1v) is 4.65. The molecule has 1 heterocycles. The molecule has 4 nitrogen and oxygen atoms in total. The number of aliphatic hydroxyl groups excluding tert-OH is 2. The minimum Gasteiger partial charge on any atom is -0.395 e. The lowest BCUT2D eigenvalue weighted by molar-refractivity contribution is 0.163. The Morgan fingerprint density at radius 2 is 1.86 bits per heavy atom. The molecule has 4 heteroatoms. The summed E-state index contributed by atoms with van der Waals surface area (Å²) in [5.74, 6) is 0. The van der Waals surface area contributed by atoms with E-state index in [1.807, 2.05) is 19.1 Å². The summed E-state index contributed by atoms with van der Waals surface area (Å²) in [6.45, 7) is 1.85. The monoisotopic (exact) mass is 196 g/mol. The molecule has 1 aromatic heterocycles. The molecule has 0 aliphatic carbocycles. The van der Waals surface area contributed by atoms with Gasteiger partial charge in [0.2, 0.25) is 0 Å². The third kappa shape index (κ3) is 3.06. The standard InChI is InChI=1S/C10H16N2O2/c1-8(12-10(6-13)7-14)9-2-4-11-5-3-9/h2-5,8,10,12-14H,6-7H2,1H3/t8-/m1/s1. The second-order valence-electron chi connectivity index (χ2n) is 3.23. The van der Waals surface area contributed by atoms with Crippen LogP contribution in [0, 0.1) is 0 Å². The molecule has 0 bridgehead atoms. The molecule has 1 rings (SSSR count). The highest BCUT2D eigenvalue weighted by molar-refractivity contribution is 5.14. The summed E-state index contributed by atoms with van der Waals surface area (Å²) < 4.78 is 0. The molecular weight excluding hydrogens is 180 g/mol. The second-order valence-corrected chi connectivity index (χ2v) is 3.23. The van der Waals surface area contributed by atoms with E-state index in [1.165, 1.54) is 0 Å². The SMILES string of the molecule is C[C@@H](NC(CO)CO)c1ccncc1. The third-order valence-electron chi connectivity index (χ3n) is 2.13. The van der Waals surface area contributed by atoms with Crippen molar-refractivity contribution in [1.82, 2.24) is 10.3 Å². The van der Waals surface area contributed by atoms with Gasteiger partial charge in [0, 0.05) is 18.4 Å². The molecule has 0 aliphatic rings. The van der Waals surface area contributed by atoms with Crippen molar-refractivity contribution in [2.75, 3.05) is 13.2 Å². The Hall–Kier alpha value is -0.970. The zero-order valence-corrected chi connectivity index (χ0v) is 8.22. The molecule has 3 N–H and O–H groups in total. The number of nitrogens with zero attached hydrogens (tertiary/aromatic N) is 1. The molecule has 0 radical (unpaired) electrons. The summed E-state index contributed by atoms with van der Waals surface area (Å²) in [4.78, 5) is 3.92.